The molecular formula is C18H21N3O2. The fourth-order valence-corrected chi connectivity index (χ4v) is 2.43. The van der Waals surface area contributed by atoms with Crippen LogP contribution in [0.25, 0.3) is 0 Å². The Balaban J connectivity index is 1.54. The van der Waals surface area contributed by atoms with E-state index in [4.69, 9.17) is 4.74 Å². The predicted molar refractivity (Wildman–Crippen MR) is 89.9 cm³/mol. The van der Waals surface area contributed by atoms with Gasteiger partial charge in [0.2, 0.25) is 0 Å². The van der Waals surface area contributed by atoms with Crippen molar-refractivity contribution in [2.24, 2.45) is 0 Å². The molecule has 3 rings (SSSR count). The minimum Gasteiger partial charge on any atom is -0.496 e. The molecule has 1 saturated carbocycles. The summed E-state index contributed by atoms with van der Waals surface area (Å²) in [6.45, 7) is 0.555. The molecule has 1 fully saturated rings. The Hall–Kier alpha value is -2.56. The molecule has 0 unspecified atom stereocenters. The van der Waals surface area contributed by atoms with E-state index in [0.29, 0.717) is 18.2 Å². The molecule has 2 aromatic rings. The topological polar surface area (TPSA) is 63.2 Å². The average molecular weight is 311 g/mol. The maximum Gasteiger partial charge on any atom is 0.252 e. The number of rotatable bonds is 7. The second kappa shape index (κ2) is 7.13. The van der Waals surface area contributed by atoms with Gasteiger partial charge >= 0.3 is 0 Å². The monoisotopic (exact) mass is 311 g/mol. The second-order valence-electron chi connectivity index (χ2n) is 5.70. The Morgan fingerprint density at radius 3 is 2.91 bits per heavy atom. The van der Waals surface area contributed by atoms with Gasteiger partial charge in [-0.2, -0.15) is 0 Å². The molecule has 1 aliphatic carbocycles. The number of carbonyl (C=O) groups excluding carboxylic acids is 1. The third kappa shape index (κ3) is 4.22. The van der Waals surface area contributed by atoms with Gasteiger partial charge in [-0.3, -0.25) is 9.78 Å². The van der Waals surface area contributed by atoms with Crippen LogP contribution in [0, 0.1) is 0 Å². The molecule has 1 aromatic heterocycles. The summed E-state index contributed by atoms with van der Waals surface area (Å²) in [6.07, 6.45) is 6.45. The van der Waals surface area contributed by atoms with Crippen molar-refractivity contribution < 1.29 is 9.53 Å². The number of nitrogens with one attached hydrogen (secondary N) is 2. The van der Waals surface area contributed by atoms with Crippen molar-refractivity contribution in [3.63, 3.8) is 0 Å². The van der Waals surface area contributed by atoms with Gasteiger partial charge in [0.1, 0.15) is 5.75 Å². The fourth-order valence-electron chi connectivity index (χ4n) is 2.43. The van der Waals surface area contributed by atoms with Crippen molar-refractivity contribution in [2.45, 2.75) is 25.3 Å². The number of hydrogen-bond acceptors (Lipinski definition) is 4. The number of hydrogen-bond donors (Lipinski definition) is 2. The highest BCUT2D eigenvalue weighted by Gasteiger charge is 2.21. The number of pyridine rings is 1. The molecule has 0 aliphatic heterocycles. The quantitative estimate of drug-likeness (QED) is 0.825. The summed E-state index contributed by atoms with van der Waals surface area (Å²) >= 11 is 0. The van der Waals surface area contributed by atoms with Crippen LogP contribution in [-0.2, 0) is 6.42 Å². The number of benzene rings is 1. The van der Waals surface area contributed by atoms with Crippen LogP contribution in [0.15, 0.2) is 42.7 Å². The smallest absolute Gasteiger partial charge is 0.252 e. The van der Waals surface area contributed by atoms with Gasteiger partial charge in [-0.1, -0.05) is 18.2 Å². The van der Waals surface area contributed by atoms with E-state index in [0.717, 1.165) is 23.4 Å². The van der Waals surface area contributed by atoms with Crippen LogP contribution in [0.5, 0.6) is 5.75 Å². The molecule has 2 N–H and O–H groups in total. The molecule has 0 spiro atoms. The van der Waals surface area contributed by atoms with Crippen LogP contribution in [0.1, 0.15) is 28.8 Å². The van der Waals surface area contributed by atoms with E-state index in [-0.39, 0.29) is 5.91 Å². The lowest BCUT2D eigenvalue weighted by Crippen LogP contribution is -2.26. The van der Waals surface area contributed by atoms with Gasteiger partial charge in [-0.05, 0) is 37.0 Å². The van der Waals surface area contributed by atoms with Crippen molar-refractivity contribution >= 4 is 11.6 Å². The summed E-state index contributed by atoms with van der Waals surface area (Å²) in [5.41, 5.74) is 2.57. The molecule has 23 heavy (non-hydrogen) atoms. The number of aromatic nitrogens is 1. The summed E-state index contributed by atoms with van der Waals surface area (Å²) in [5, 5.41) is 6.28. The highest BCUT2D eigenvalue weighted by atomic mass is 16.5. The maximum absolute atomic E-state index is 12.2. The lowest BCUT2D eigenvalue weighted by Gasteiger charge is -2.10. The lowest BCUT2D eigenvalue weighted by molar-refractivity contribution is 0.0953. The molecule has 0 bridgehead atoms. The third-order valence-corrected chi connectivity index (χ3v) is 3.82. The highest BCUT2D eigenvalue weighted by molar-refractivity contribution is 5.94. The number of nitrogens with zero attached hydrogens (tertiary/aromatic N) is 1. The van der Waals surface area contributed by atoms with Gasteiger partial charge in [0.25, 0.3) is 5.91 Å². The van der Waals surface area contributed by atoms with E-state index in [2.05, 4.69) is 15.6 Å². The van der Waals surface area contributed by atoms with E-state index in [1.165, 1.54) is 12.8 Å². The summed E-state index contributed by atoms with van der Waals surface area (Å²) in [4.78, 5) is 16.4. The first kappa shape index (κ1) is 15.3. The summed E-state index contributed by atoms with van der Waals surface area (Å²) in [6, 6.07) is 10.2. The molecule has 1 amide bonds. The Kier molecular flexibility index (Phi) is 4.76. The molecular weight excluding hydrogens is 290 g/mol. The van der Waals surface area contributed by atoms with Crippen LogP contribution < -0.4 is 15.4 Å². The number of carbonyl (C=O) groups is 1. The van der Waals surface area contributed by atoms with Crippen molar-refractivity contribution in [3.8, 4) is 5.75 Å². The zero-order valence-electron chi connectivity index (χ0n) is 13.2. The molecule has 0 atom stereocenters. The second-order valence-corrected chi connectivity index (χ2v) is 5.70. The molecule has 0 saturated heterocycles. The third-order valence-electron chi connectivity index (χ3n) is 3.82. The zero-order chi connectivity index (χ0) is 16.1. The molecule has 5 nitrogen and oxygen atoms in total. The molecule has 0 radical (unpaired) electrons. The van der Waals surface area contributed by atoms with E-state index in [1.807, 2.05) is 30.3 Å². The molecule has 1 aromatic carbocycles. The SMILES string of the molecule is COc1ccccc1CCNC(=O)c1cncc(NC2CC2)c1. The number of para-hydroxylation sites is 1. The Morgan fingerprint density at radius 1 is 1.30 bits per heavy atom. The molecule has 1 aliphatic rings. The van der Waals surface area contributed by atoms with Crippen molar-refractivity contribution in [2.75, 3.05) is 19.0 Å². The Bertz CT molecular complexity index is 683. The van der Waals surface area contributed by atoms with Gasteiger partial charge in [0.15, 0.2) is 0 Å². The summed E-state index contributed by atoms with van der Waals surface area (Å²) in [7, 11) is 1.65. The minimum absolute atomic E-state index is 0.105. The normalized spacial score (nSPS) is 13.4. The first-order valence-electron chi connectivity index (χ1n) is 7.88. The Labute approximate surface area is 136 Å². The number of anilines is 1. The summed E-state index contributed by atoms with van der Waals surface area (Å²) in [5.74, 6) is 0.742. The standard InChI is InChI=1S/C18H21N3O2/c1-23-17-5-3-2-4-13(17)8-9-20-18(22)14-10-16(12-19-11-14)21-15-6-7-15/h2-5,10-12,15,21H,6-9H2,1H3,(H,20,22). The predicted octanol–water partition coefficient (Wildman–Crippen LogP) is 2.64. The zero-order valence-corrected chi connectivity index (χ0v) is 13.2. The van der Waals surface area contributed by atoms with E-state index in [9.17, 15) is 4.79 Å². The highest BCUT2D eigenvalue weighted by Crippen LogP contribution is 2.24. The van der Waals surface area contributed by atoms with Crippen LogP contribution in [-0.4, -0.2) is 30.6 Å². The van der Waals surface area contributed by atoms with Crippen molar-refractivity contribution in [1.29, 1.82) is 0 Å². The number of amides is 1. The largest absolute Gasteiger partial charge is 0.496 e. The van der Waals surface area contributed by atoms with Crippen LogP contribution in [0.3, 0.4) is 0 Å². The van der Waals surface area contributed by atoms with Gasteiger partial charge in [-0.15, -0.1) is 0 Å². The van der Waals surface area contributed by atoms with Crippen LogP contribution in [0.4, 0.5) is 5.69 Å². The average Bonchev–Trinajstić information content (AvgIpc) is 3.39. The van der Waals surface area contributed by atoms with Gasteiger partial charge < -0.3 is 15.4 Å². The number of methoxy groups -OCH3 is 1. The first-order chi connectivity index (χ1) is 11.3. The lowest BCUT2D eigenvalue weighted by atomic mass is 10.1. The molecule has 5 heteroatoms. The minimum atomic E-state index is -0.105. The number of ether oxygens (including phenoxy) is 1. The Morgan fingerprint density at radius 2 is 2.13 bits per heavy atom. The van der Waals surface area contributed by atoms with E-state index >= 15 is 0 Å². The van der Waals surface area contributed by atoms with Gasteiger partial charge in [0.05, 0.1) is 18.4 Å². The summed E-state index contributed by atoms with van der Waals surface area (Å²) < 4.78 is 5.32. The molecule has 1 heterocycles. The maximum atomic E-state index is 12.2. The van der Waals surface area contributed by atoms with Crippen LogP contribution >= 0.6 is 0 Å². The first-order valence-corrected chi connectivity index (χ1v) is 7.88. The van der Waals surface area contributed by atoms with Crippen LogP contribution in [0.2, 0.25) is 0 Å². The molecule has 120 valence electrons. The van der Waals surface area contributed by atoms with E-state index in [1.54, 1.807) is 19.5 Å². The van der Waals surface area contributed by atoms with E-state index < -0.39 is 0 Å². The van der Waals surface area contributed by atoms with Gasteiger partial charge in [0, 0.05) is 25.0 Å². The van der Waals surface area contributed by atoms with Gasteiger partial charge in [-0.25, -0.2) is 0 Å². The fraction of sp³-hybridized carbons (Fsp3) is 0.333. The van der Waals surface area contributed by atoms with Crippen molar-refractivity contribution in [3.05, 3.63) is 53.9 Å². The van der Waals surface area contributed by atoms with Crippen molar-refractivity contribution in [1.82, 2.24) is 10.3 Å².